The third-order valence-corrected chi connectivity index (χ3v) is 20.1. The van der Waals surface area contributed by atoms with Crippen molar-refractivity contribution in [3.8, 4) is 20.2 Å². The quantitative estimate of drug-likeness (QED) is 0.0855. The first-order valence-corrected chi connectivity index (χ1v) is 24.5. The number of aryl methyl sites for hydroxylation is 2. The van der Waals surface area contributed by atoms with E-state index in [1.165, 1.54) is 58.4 Å². The summed E-state index contributed by atoms with van der Waals surface area (Å²) in [5.74, 6) is 0.968. The number of anilines is 1. The Balaban J connectivity index is 1.09. The largest absolute Gasteiger partial charge is 0.547 e. The Morgan fingerprint density at radius 2 is 1.48 bits per heavy atom. The van der Waals surface area contributed by atoms with E-state index in [0.717, 1.165) is 57.6 Å². The molecule has 0 bridgehead atoms. The topological polar surface area (TPSA) is 61.1 Å². The summed E-state index contributed by atoms with van der Waals surface area (Å²) in [7, 11) is -2.92. The highest BCUT2D eigenvalue weighted by atomic mass is 32.1. The van der Waals surface area contributed by atoms with Gasteiger partial charge in [0.1, 0.15) is 5.58 Å². The summed E-state index contributed by atoms with van der Waals surface area (Å²) >= 11 is 7.09. The van der Waals surface area contributed by atoms with Crippen molar-refractivity contribution in [2.24, 2.45) is 0 Å². The van der Waals surface area contributed by atoms with Gasteiger partial charge >= 0.3 is 14.4 Å². The van der Waals surface area contributed by atoms with E-state index in [4.69, 9.17) is 17.7 Å². The minimum atomic E-state index is -2.92. The lowest BCUT2D eigenvalue weighted by molar-refractivity contribution is 0.0866. The summed E-state index contributed by atoms with van der Waals surface area (Å²) in [6.45, 7) is 18.8. The fourth-order valence-electron chi connectivity index (χ4n) is 8.45. The fourth-order valence-corrected chi connectivity index (χ4v) is 16.5. The molecule has 0 spiro atoms. The van der Waals surface area contributed by atoms with Gasteiger partial charge in [-0.1, -0.05) is 13.8 Å². The lowest BCUT2D eigenvalue weighted by Gasteiger charge is -2.42. The molecule has 6 nitrogen and oxygen atoms in total. The van der Waals surface area contributed by atoms with Crippen molar-refractivity contribution in [2.45, 2.75) is 86.0 Å². The van der Waals surface area contributed by atoms with E-state index < -0.39 is 8.80 Å². The van der Waals surface area contributed by atoms with Gasteiger partial charge in [0.2, 0.25) is 0 Å². The van der Waals surface area contributed by atoms with Crippen LogP contribution in [0.5, 0.6) is 0 Å². The van der Waals surface area contributed by atoms with E-state index in [0.29, 0.717) is 37.2 Å². The maximum absolute atomic E-state index is 13.8. The predicted molar refractivity (Wildman–Crippen MR) is 235 cm³/mol. The number of thiophene rings is 4. The molecule has 2 aliphatic heterocycles. The third kappa shape index (κ3) is 6.52. The Kier molecular flexibility index (Phi) is 11.0. The van der Waals surface area contributed by atoms with E-state index in [-0.39, 0.29) is 5.63 Å². The second-order valence-electron chi connectivity index (χ2n) is 14.2. The van der Waals surface area contributed by atoms with Gasteiger partial charge in [0.15, 0.2) is 0 Å². The molecule has 5 aromatic heterocycles. The summed E-state index contributed by atoms with van der Waals surface area (Å²) in [4.78, 5) is 22.2. The Hall–Kier alpha value is -2.87. The van der Waals surface area contributed by atoms with Crippen LogP contribution in [0.3, 0.4) is 0 Å². The number of nitrogens with zero attached hydrogens (tertiary/aromatic N) is 1. The molecule has 7 heterocycles. The van der Waals surface area contributed by atoms with Crippen LogP contribution < -0.4 is 15.0 Å². The molecule has 2 atom stereocenters. The molecule has 54 heavy (non-hydrogen) atoms. The minimum Gasteiger partial charge on any atom is -0.422 e. The molecule has 0 saturated carbocycles. The smallest absolute Gasteiger partial charge is 0.422 e. The number of benzene rings is 1. The standard InChI is InChI=1S/C43H49NO5S4Si/c1-8-27-19-21-44-22-20-28(9-2)37-38(44)31(27)23-29-24-32(43(45)49-39(29)37)34-16-17-35(51-34)40-26(7)42-41(53-40)25(6)33(52-42)15-13-30-14-18-36(50-30)54(46-10-3,47-11-4)48-12-5/h13-18,23-24,27-28H,8-12,19-22H2,1-7H3/b15-13+. The van der Waals surface area contributed by atoms with E-state index in [1.54, 1.807) is 22.7 Å². The number of hydrogen-bond donors (Lipinski definition) is 0. The third-order valence-electron chi connectivity index (χ3n) is 11.1. The second kappa shape index (κ2) is 15.6. The first-order valence-electron chi connectivity index (χ1n) is 19.5. The molecule has 11 heteroatoms. The van der Waals surface area contributed by atoms with Crippen molar-refractivity contribution in [1.29, 1.82) is 0 Å². The fraction of sp³-hybridized carbons (Fsp3) is 0.419. The van der Waals surface area contributed by atoms with Crippen molar-refractivity contribution in [1.82, 2.24) is 0 Å². The SMILES string of the molecule is CCO[Si](OCC)(OCC)c1ccc(/C=C/c2sc3c(C)c(-c4ccc(-c5cc6cc7c8c(c6oc5=O)C(CC)CCN8CCC7CC)s4)sc3c2C)s1. The first-order chi connectivity index (χ1) is 26.2. The molecule has 0 saturated heterocycles. The number of hydrogen-bond acceptors (Lipinski definition) is 10. The van der Waals surface area contributed by atoms with Crippen molar-refractivity contribution in [3.63, 3.8) is 0 Å². The molecule has 0 radical (unpaired) electrons. The van der Waals surface area contributed by atoms with Crippen LogP contribution in [0.1, 0.15) is 104 Å². The Labute approximate surface area is 335 Å². The van der Waals surface area contributed by atoms with Gasteiger partial charge in [-0.25, -0.2) is 4.79 Å². The van der Waals surface area contributed by atoms with Crippen LogP contribution in [-0.2, 0) is 13.3 Å². The zero-order valence-corrected chi connectivity index (χ0v) is 36.5. The molecule has 1 aromatic carbocycles. The van der Waals surface area contributed by atoms with Gasteiger partial charge in [0, 0.05) is 83.3 Å². The summed E-state index contributed by atoms with van der Waals surface area (Å²) in [6, 6.07) is 13.0. The van der Waals surface area contributed by atoms with Gasteiger partial charge < -0.3 is 22.6 Å². The molecule has 8 rings (SSSR count). The van der Waals surface area contributed by atoms with Gasteiger partial charge in [-0.05, 0) is 137 Å². The van der Waals surface area contributed by atoms with Crippen LogP contribution in [0.25, 0.3) is 52.7 Å². The van der Waals surface area contributed by atoms with E-state index in [1.807, 2.05) is 43.4 Å². The van der Waals surface area contributed by atoms with E-state index in [9.17, 15) is 4.79 Å². The maximum Gasteiger partial charge on any atom is 0.547 e. The highest BCUT2D eigenvalue weighted by Gasteiger charge is 2.44. The van der Waals surface area contributed by atoms with Crippen LogP contribution in [0.15, 0.2) is 45.6 Å². The molecule has 0 aliphatic carbocycles. The minimum absolute atomic E-state index is 0.238. The molecule has 2 unspecified atom stereocenters. The molecular formula is C43H49NO5S4Si. The average Bonchev–Trinajstić information content (AvgIpc) is 3.97. The summed E-state index contributed by atoms with van der Waals surface area (Å²) in [6.07, 6.45) is 8.93. The van der Waals surface area contributed by atoms with Crippen LogP contribution in [0.2, 0.25) is 0 Å². The summed E-state index contributed by atoms with van der Waals surface area (Å²) in [5, 5.41) is 1.07. The molecular weight excluding hydrogens is 767 g/mol. The van der Waals surface area contributed by atoms with Crippen LogP contribution >= 0.6 is 45.3 Å². The lowest BCUT2D eigenvalue weighted by Crippen LogP contribution is -2.55. The summed E-state index contributed by atoms with van der Waals surface area (Å²) in [5.41, 5.74) is 7.92. The summed E-state index contributed by atoms with van der Waals surface area (Å²) < 4.78 is 28.5. The van der Waals surface area contributed by atoms with Crippen LogP contribution in [0.4, 0.5) is 5.69 Å². The van der Waals surface area contributed by atoms with Gasteiger partial charge in [0.25, 0.3) is 0 Å². The number of rotatable bonds is 13. The Morgan fingerprint density at radius 1 is 0.796 bits per heavy atom. The van der Waals surface area contributed by atoms with E-state index in [2.05, 4.69) is 81.1 Å². The highest BCUT2D eigenvalue weighted by molar-refractivity contribution is 7.32. The lowest BCUT2D eigenvalue weighted by atomic mass is 9.78. The number of fused-ring (bicyclic) bond motifs is 3. The van der Waals surface area contributed by atoms with Crippen molar-refractivity contribution in [2.75, 3.05) is 37.8 Å². The van der Waals surface area contributed by atoms with E-state index >= 15 is 0 Å². The zero-order valence-electron chi connectivity index (χ0n) is 32.3. The monoisotopic (exact) mass is 815 g/mol. The Morgan fingerprint density at radius 3 is 2.17 bits per heavy atom. The first kappa shape index (κ1) is 38.0. The zero-order chi connectivity index (χ0) is 37.7. The van der Waals surface area contributed by atoms with Gasteiger partial charge in [0.05, 0.1) is 10.1 Å². The molecule has 0 amide bonds. The predicted octanol–water partition coefficient (Wildman–Crippen LogP) is 12.2. The second-order valence-corrected chi connectivity index (χ2v) is 21.4. The van der Waals surface area contributed by atoms with Gasteiger partial charge in [-0.15, -0.1) is 45.3 Å². The van der Waals surface area contributed by atoms with Crippen LogP contribution in [0, 0.1) is 13.8 Å². The molecule has 0 N–H and O–H groups in total. The van der Waals surface area contributed by atoms with Gasteiger partial charge in [-0.3, -0.25) is 0 Å². The highest BCUT2D eigenvalue weighted by Crippen LogP contribution is 2.51. The normalized spacial score (nSPS) is 17.4. The molecule has 0 fully saturated rings. The van der Waals surface area contributed by atoms with Crippen molar-refractivity contribution < 1.29 is 17.7 Å². The Bertz CT molecular complexity index is 2390. The average molecular weight is 816 g/mol. The molecule has 284 valence electrons. The molecule has 6 aromatic rings. The van der Waals surface area contributed by atoms with Crippen molar-refractivity contribution in [3.05, 3.63) is 78.8 Å². The molecule has 2 aliphatic rings. The van der Waals surface area contributed by atoms with Crippen molar-refractivity contribution >= 4 is 96.9 Å². The maximum atomic E-state index is 13.8. The van der Waals surface area contributed by atoms with Crippen LogP contribution in [-0.4, -0.2) is 41.7 Å². The van der Waals surface area contributed by atoms with Gasteiger partial charge in [-0.2, -0.15) is 0 Å².